The van der Waals surface area contributed by atoms with Crippen LogP contribution in [0.2, 0.25) is 0 Å². The number of hydrogen-bond acceptors (Lipinski definition) is 4. The van der Waals surface area contributed by atoms with Gasteiger partial charge in [-0.05, 0) is 53.1 Å². The first-order valence-corrected chi connectivity index (χ1v) is 12.6. The van der Waals surface area contributed by atoms with E-state index in [1.54, 1.807) is 12.1 Å². The Morgan fingerprint density at radius 2 is 1.62 bits per heavy atom. The minimum Gasteiger partial charge on any atom is -0.488 e. The Morgan fingerprint density at radius 1 is 0.892 bits per heavy atom. The van der Waals surface area contributed by atoms with Gasteiger partial charge in [0.15, 0.2) is 0 Å². The highest BCUT2D eigenvalue weighted by molar-refractivity contribution is 9.10. The number of nitrogens with one attached hydrogen (secondary N) is 1. The summed E-state index contributed by atoms with van der Waals surface area (Å²) in [7, 11) is 0. The Morgan fingerprint density at radius 3 is 2.38 bits per heavy atom. The quantitative estimate of drug-likeness (QED) is 0.220. The van der Waals surface area contributed by atoms with Crippen LogP contribution >= 0.6 is 15.9 Å². The summed E-state index contributed by atoms with van der Waals surface area (Å²) in [5.41, 5.74) is 2.85. The van der Waals surface area contributed by atoms with Crippen LogP contribution in [0.15, 0.2) is 95.0 Å². The second kappa shape index (κ2) is 10.4. The number of amides is 4. The summed E-state index contributed by atoms with van der Waals surface area (Å²) in [5.74, 6) is -0.929. The molecule has 0 bridgehead atoms. The molecule has 1 aliphatic rings. The van der Waals surface area contributed by atoms with Crippen molar-refractivity contribution in [2.75, 3.05) is 4.90 Å². The standard InChI is InChI=1S/C30H23BrN2O4/c1-2-19-11-14-22(15-12-19)33-29(35)25(28(34)32-30(33)36)17-24-23-9-5-3-7-20(23)13-16-27(24)37-18-21-8-4-6-10-26(21)31/h3-17H,2,18H2,1H3,(H,32,34,36)/b25-17+. The molecule has 4 aromatic carbocycles. The molecule has 0 atom stereocenters. The predicted octanol–water partition coefficient (Wildman–Crippen LogP) is 6.41. The topological polar surface area (TPSA) is 75.7 Å². The van der Waals surface area contributed by atoms with Crippen molar-refractivity contribution >= 4 is 56.3 Å². The molecule has 6 nitrogen and oxygen atoms in total. The Bertz CT molecular complexity index is 1560. The van der Waals surface area contributed by atoms with Gasteiger partial charge < -0.3 is 4.74 Å². The van der Waals surface area contributed by atoms with Gasteiger partial charge in [-0.2, -0.15) is 0 Å². The monoisotopic (exact) mass is 554 g/mol. The molecule has 4 aromatic rings. The lowest BCUT2D eigenvalue weighted by Crippen LogP contribution is -2.54. The number of imide groups is 2. The van der Waals surface area contributed by atoms with Crippen LogP contribution in [0.1, 0.15) is 23.6 Å². The molecule has 0 aliphatic carbocycles. The zero-order chi connectivity index (χ0) is 25.9. The molecule has 1 N–H and O–H groups in total. The van der Waals surface area contributed by atoms with Crippen LogP contribution < -0.4 is 15.0 Å². The van der Waals surface area contributed by atoms with Crippen LogP contribution in [0, 0.1) is 0 Å². The Labute approximate surface area is 222 Å². The van der Waals surface area contributed by atoms with Crippen molar-refractivity contribution in [2.24, 2.45) is 0 Å². The van der Waals surface area contributed by atoms with Gasteiger partial charge in [0.25, 0.3) is 11.8 Å². The van der Waals surface area contributed by atoms with Crippen LogP contribution in [0.4, 0.5) is 10.5 Å². The summed E-state index contributed by atoms with van der Waals surface area (Å²) >= 11 is 3.54. The Balaban J connectivity index is 1.57. The van der Waals surface area contributed by atoms with E-state index >= 15 is 0 Å². The SMILES string of the molecule is CCc1ccc(N2C(=O)NC(=O)/C(=C\c3c(OCc4ccccc4Br)ccc4ccccc34)C2=O)cc1. The van der Waals surface area contributed by atoms with Gasteiger partial charge >= 0.3 is 6.03 Å². The maximum atomic E-state index is 13.5. The number of carbonyl (C=O) groups is 3. The molecule has 0 unspecified atom stereocenters. The molecule has 0 saturated carbocycles. The third-order valence-corrected chi connectivity index (χ3v) is 7.04. The van der Waals surface area contributed by atoms with Crippen LogP contribution in [0.25, 0.3) is 16.8 Å². The molecule has 0 radical (unpaired) electrons. The van der Waals surface area contributed by atoms with Crippen molar-refractivity contribution in [3.8, 4) is 5.75 Å². The van der Waals surface area contributed by atoms with Crippen molar-refractivity contribution in [3.05, 3.63) is 112 Å². The molecule has 7 heteroatoms. The van der Waals surface area contributed by atoms with E-state index in [0.717, 1.165) is 37.7 Å². The van der Waals surface area contributed by atoms with Crippen molar-refractivity contribution < 1.29 is 19.1 Å². The number of carbonyl (C=O) groups excluding carboxylic acids is 3. The van der Waals surface area contributed by atoms with Gasteiger partial charge in [-0.25, -0.2) is 9.69 Å². The Kier molecular flexibility index (Phi) is 6.88. The van der Waals surface area contributed by atoms with Gasteiger partial charge in [-0.15, -0.1) is 0 Å². The first-order chi connectivity index (χ1) is 18.0. The number of aryl methyl sites for hydroxylation is 1. The molecule has 1 aliphatic heterocycles. The molecule has 0 spiro atoms. The average Bonchev–Trinajstić information content (AvgIpc) is 2.91. The van der Waals surface area contributed by atoms with Crippen LogP contribution in [-0.4, -0.2) is 17.8 Å². The summed E-state index contributed by atoms with van der Waals surface area (Å²) in [5, 5.41) is 4.04. The van der Waals surface area contributed by atoms with Gasteiger partial charge in [0.2, 0.25) is 0 Å². The summed E-state index contributed by atoms with van der Waals surface area (Å²) in [6.45, 7) is 2.30. The Hall–Kier alpha value is -4.23. The number of ether oxygens (including phenoxy) is 1. The minimum absolute atomic E-state index is 0.152. The zero-order valence-corrected chi connectivity index (χ0v) is 21.6. The number of hydrogen-bond donors (Lipinski definition) is 1. The third kappa shape index (κ3) is 4.90. The number of benzene rings is 4. The number of urea groups is 1. The number of nitrogens with zero attached hydrogens (tertiary/aromatic N) is 1. The highest BCUT2D eigenvalue weighted by atomic mass is 79.9. The molecule has 4 amide bonds. The van der Waals surface area contributed by atoms with Gasteiger partial charge in [0.05, 0.1) is 5.69 Å². The summed E-state index contributed by atoms with van der Waals surface area (Å²) in [6.07, 6.45) is 2.34. The largest absolute Gasteiger partial charge is 0.488 e. The lowest BCUT2D eigenvalue weighted by Gasteiger charge is -2.26. The molecule has 1 fully saturated rings. The molecule has 184 valence electrons. The summed E-state index contributed by atoms with van der Waals surface area (Å²) in [6, 6.07) is 25.5. The van der Waals surface area contributed by atoms with E-state index in [1.165, 1.54) is 6.08 Å². The number of barbiturate groups is 1. The van der Waals surface area contributed by atoms with Gasteiger partial charge in [0.1, 0.15) is 17.9 Å². The highest BCUT2D eigenvalue weighted by Crippen LogP contribution is 2.33. The van der Waals surface area contributed by atoms with E-state index in [4.69, 9.17) is 4.74 Å². The van der Waals surface area contributed by atoms with Gasteiger partial charge in [-0.3, -0.25) is 14.9 Å². The van der Waals surface area contributed by atoms with Crippen LogP contribution in [0.3, 0.4) is 0 Å². The van der Waals surface area contributed by atoms with E-state index < -0.39 is 17.8 Å². The lowest BCUT2D eigenvalue weighted by molar-refractivity contribution is -0.122. The number of rotatable bonds is 6. The van der Waals surface area contributed by atoms with Crippen LogP contribution in [0.5, 0.6) is 5.75 Å². The maximum absolute atomic E-state index is 13.5. The van der Waals surface area contributed by atoms with Crippen molar-refractivity contribution in [1.29, 1.82) is 0 Å². The fraction of sp³-hybridized carbons (Fsp3) is 0.100. The first-order valence-electron chi connectivity index (χ1n) is 11.8. The van der Waals surface area contributed by atoms with E-state index in [1.807, 2.05) is 79.7 Å². The number of anilines is 1. The molecule has 0 aromatic heterocycles. The van der Waals surface area contributed by atoms with E-state index in [0.29, 0.717) is 17.0 Å². The van der Waals surface area contributed by atoms with Crippen LogP contribution in [-0.2, 0) is 22.6 Å². The molecular formula is C30H23BrN2O4. The van der Waals surface area contributed by atoms with E-state index in [-0.39, 0.29) is 12.2 Å². The summed E-state index contributed by atoms with van der Waals surface area (Å²) < 4.78 is 7.10. The lowest BCUT2D eigenvalue weighted by atomic mass is 9.99. The number of fused-ring (bicyclic) bond motifs is 1. The second-order valence-corrected chi connectivity index (χ2v) is 9.41. The molecule has 37 heavy (non-hydrogen) atoms. The molecular weight excluding hydrogens is 532 g/mol. The van der Waals surface area contributed by atoms with Crippen molar-refractivity contribution in [3.63, 3.8) is 0 Å². The smallest absolute Gasteiger partial charge is 0.335 e. The highest BCUT2D eigenvalue weighted by Gasteiger charge is 2.37. The van der Waals surface area contributed by atoms with E-state index in [9.17, 15) is 14.4 Å². The van der Waals surface area contributed by atoms with Crippen molar-refractivity contribution in [2.45, 2.75) is 20.0 Å². The fourth-order valence-electron chi connectivity index (χ4n) is 4.24. The predicted molar refractivity (Wildman–Crippen MR) is 147 cm³/mol. The average molecular weight is 555 g/mol. The zero-order valence-electron chi connectivity index (χ0n) is 20.0. The fourth-order valence-corrected chi connectivity index (χ4v) is 4.64. The number of halogens is 1. The maximum Gasteiger partial charge on any atom is 0.335 e. The first kappa shape index (κ1) is 24.5. The summed E-state index contributed by atoms with van der Waals surface area (Å²) in [4.78, 5) is 40.0. The third-order valence-electron chi connectivity index (χ3n) is 6.26. The van der Waals surface area contributed by atoms with Gasteiger partial charge in [0, 0.05) is 15.6 Å². The van der Waals surface area contributed by atoms with E-state index in [2.05, 4.69) is 21.2 Å². The molecule has 5 rings (SSSR count). The molecule has 1 heterocycles. The normalized spacial score (nSPS) is 14.8. The minimum atomic E-state index is -0.778. The second-order valence-electron chi connectivity index (χ2n) is 8.56. The van der Waals surface area contributed by atoms with Crippen molar-refractivity contribution in [1.82, 2.24) is 5.32 Å². The van der Waals surface area contributed by atoms with Gasteiger partial charge in [-0.1, -0.05) is 83.5 Å². The molecule has 1 saturated heterocycles.